The van der Waals surface area contributed by atoms with Gasteiger partial charge >= 0.3 is 0 Å². The number of hydrogen-bond acceptors (Lipinski definition) is 4. The molecule has 6 heteroatoms. The van der Waals surface area contributed by atoms with Crippen LogP contribution in [0.2, 0.25) is 0 Å². The van der Waals surface area contributed by atoms with Gasteiger partial charge in [0.05, 0.1) is 5.56 Å². The molecule has 2 unspecified atom stereocenters. The third-order valence-electron chi connectivity index (χ3n) is 5.08. The molecule has 24 heavy (non-hydrogen) atoms. The highest BCUT2D eigenvalue weighted by Crippen LogP contribution is 2.34. The van der Waals surface area contributed by atoms with Crippen LogP contribution in [0.4, 0.5) is 5.82 Å². The van der Waals surface area contributed by atoms with Crippen LogP contribution in [0.15, 0.2) is 33.3 Å². The second kappa shape index (κ2) is 5.92. The Kier molecular flexibility index (Phi) is 3.87. The quantitative estimate of drug-likeness (QED) is 0.790. The number of amides is 1. The molecule has 0 aromatic carbocycles. The van der Waals surface area contributed by atoms with Crippen LogP contribution in [0.1, 0.15) is 21.9 Å². The molecule has 0 N–H and O–H groups in total. The van der Waals surface area contributed by atoms with E-state index in [0.29, 0.717) is 17.4 Å². The minimum Gasteiger partial charge on any atom is -0.466 e. The fourth-order valence-electron chi connectivity index (χ4n) is 3.91. The average molecular weight is 390 g/mol. The Morgan fingerprint density at radius 1 is 1.21 bits per heavy atom. The molecule has 126 valence electrons. The van der Waals surface area contributed by atoms with Crippen LogP contribution < -0.4 is 4.90 Å². The van der Waals surface area contributed by atoms with Gasteiger partial charge in [0, 0.05) is 48.7 Å². The first-order chi connectivity index (χ1) is 11.5. The minimum absolute atomic E-state index is 0.104. The number of rotatable bonds is 2. The van der Waals surface area contributed by atoms with Gasteiger partial charge in [0.15, 0.2) is 0 Å². The first-order valence-corrected chi connectivity index (χ1v) is 9.03. The van der Waals surface area contributed by atoms with E-state index in [1.807, 2.05) is 43.1 Å². The molecule has 0 bridgehead atoms. The molecule has 5 nitrogen and oxygen atoms in total. The second-order valence-electron chi connectivity index (χ2n) is 6.80. The zero-order chi connectivity index (χ0) is 16.8. The summed E-state index contributed by atoms with van der Waals surface area (Å²) in [5.41, 5.74) is 0.707. The molecule has 4 rings (SSSR count). The van der Waals surface area contributed by atoms with E-state index in [1.165, 1.54) is 0 Å². The van der Waals surface area contributed by atoms with Crippen molar-refractivity contribution < 1.29 is 9.21 Å². The van der Waals surface area contributed by atoms with E-state index < -0.39 is 0 Å². The number of likely N-dealkylation sites (tertiary alicyclic amines) is 1. The summed E-state index contributed by atoms with van der Waals surface area (Å²) >= 11 is 3.42. The molecular weight excluding hydrogens is 370 g/mol. The summed E-state index contributed by atoms with van der Waals surface area (Å²) < 4.78 is 6.50. The zero-order valence-electron chi connectivity index (χ0n) is 13.8. The monoisotopic (exact) mass is 389 g/mol. The van der Waals surface area contributed by atoms with E-state index in [-0.39, 0.29) is 5.91 Å². The van der Waals surface area contributed by atoms with Gasteiger partial charge in [-0.15, -0.1) is 0 Å². The van der Waals surface area contributed by atoms with Gasteiger partial charge in [0.1, 0.15) is 17.3 Å². The van der Waals surface area contributed by atoms with Crippen molar-refractivity contribution in [2.45, 2.75) is 13.8 Å². The molecule has 0 aliphatic carbocycles. The number of hydrogen-bond donors (Lipinski definition) is 0. The molecule has 4 heterocycles. The van der Waals surface area contributed by atoms with Gasteiger partial charge in [-0.2, -0.15) is 0 Å². The number of carbonyl (C=O) groups is 1. The number of anilines is 1. The first-order valence-electron chi connectivity index (χ1n) is 8.24. The van der Waals surface area contributed by atoms with Gasteiger partial charge in [-0.1, -0.05) is 0 Å². The third kappa shape index (κ3) is 2.73. The number of nitrogens with zero attached hydrogens (tertiary/aromatic N) is 3. The molecular formula is C18H20BrN3O2. The fraction of sp³-hybridized carbons (Fsp3) is 0.444. The first kappa shape index (κ1) is 15.7. The summed E-state index contributed by atoms with van der Waals surface area (Å²) in [7, 11) is 0. The summed E-state index contributed by atoms with van der Waals surface area (Å²) in [5.74, 6) is 3.68. The summed E-state index contributed by atoms with van der Waals surface area (Å²) in [6, 6.07) is 5.92. The lowest BCUT2D eigenvalue weighted by atomic mass is 10.0. The van der Waals surface area contributed by atoms with Gasteiger partial charge in [0.2, 0.25) is 0 Å². The Morgan fingerprint density at radius 3 is 2.46 bits per heavy atom. The van der Waals surface area contributed by atoms with Crippen molar-refractivity contribution in [3.8, 4) is 0 Å². The maximum atomic E-state index is 12.7. The number of aromatic nitrogens is 1. The number of pyridine rings is 1. The molecule has 1 amide bonds. The number of furan rings is 1. The Morgan fingerprint density at radius 2 is 1.92 bits per heavy atom. The van der Waals surface area contributed by atoms with E-state index >= 15 is 0 Å². The van der Waals surface area contributed by atoms with E-state index in [0.717, 1.165) is 48.0 Å². The lowest BCUT2D eigenvalue weighted by Gasteiger charge is -2.22. The number of halogens is 1. The van der Waals surface area contributed by atoms with Gasteiger partial charge in [-0.25, -0.2) is 4.98 Å². The molecule has 0 spiro atoms. The van der Waals surface area contributed by atoms with Crippen molar-refractivity contribution in [2.75, 3.05) is 31.1 Å². The number of fused-ring (bicyclic) bond motifs is 1. The van der Waals surface area contributed by atoms with Crippen molar-refractivity contribution in [1.29, 1.82) is 0 Å². The maximum Gasteiger partial charge on any atom is 0.257 e. The van der Waals surface area contributed by atoms with Gasteiger partial charge in [0.25, 0.3) is 5.91 Å². The molecule has 2 fully saturated rings. The molecule has 2 saturated heterocycles. The zero-order valence-corrected chi connectivity index (χ0v) is 15.4. The molecule has 2 atom stereocenters. The second-order valence-corrected chi connectivity index (χ2v) is 7.71. The van der Waals surface area contributed by atoms with Crippen molar-refractivity contribution >= 4 is 27.7 Å². The number of aryl methyl sites for hydroxylation is 2. The Bertz CT molecular complexity index is 757. The van der Waals surface area contributed by atoms with Crippen LogP contribution in [0.25, 0.3) is 0 Å². The fourth-order valence-corrected chi connectivity index (χ4v) is 4.15. The molecule has 2 aliphatic rings. The van der Waals surface area contributed by atoms with Crippen LogP contribution in [0.3, 0.4) is 0 Å². The Balaban J connectivity index is 1.43. The molecule has 2 aromatic heterocycles. The van der Waals surface area contributed by atoms with Crippen LogP contribution >= 0.6 is 15.9 Å². The van der Waals surface area contributed by atoms with E-state index in [9.17, 15) is 4.79 Å². The highest BCUT2D eigenvalue weighted by atomic mass is 79.9. The van der Waals surface area contributed by atoms with E-state index in [1.54, 1.807) is 0 Å². The van der Waals surface area contributed by atoms with Crippen molar-refractivity contribution in [1.82, 2.24) is 9.88 Å². The van der Waals surface area contributed by atoms with E-state index in [4.69, 9.17) is 4.42 Å². The lowest BCUT2D eigenvalue weighted by molar-refractivity contribution is 0.0781. The highest BCUT2D eigenvalue weighted by molar-refractivity contribution is 9.10. The molecule has 2 aromatic rings. The SMILES string of the molecule is Cc1cc(C(=O)N2CC3CN(c4ccc(Br)cn4)CC3C2)c(C)o1. The standard InChI is InChI=1S/C18H20BrN3O2/c1-11-5-16(12(2)24-11)18(23)22-9-13-7-21(8-14(13)10-22)17-4-3-15(19)6-20-17/h3-6,13-14H,7-10H2,1-2H3. The van der Waals surface area contributed by atoms with Crippen molar-refractivity contribution in [3.05, 3.63) is 46.0 Å². The van der Waals surface area contributed by atoms with Gasteiger partial charge in [-0.05, 0) is 48.0 Å². The Labute approximate surface area is 149 Å². The molecule has 2 aliphatic heterocycles. The summed E-state index contributed by atoms with van der Waals surface area (Å²) in [5, 5.41) is 0. The highest BCUT2D eigenvalue weighted by Gasteiger charge is 2.42. The minimum atomic E-state index is 0.104. The summed E-state index contributed by atoms with van der Waals surface area (Å²) in [4.78, 5) is 21.5. The van der Waals surface area contributed by atoms with Crippen LogP contribution in [0, 0.1) is 25.7 Å². The topological polar surface area (TPSA) is 49.6 Å². The van der Waals surface area contributed by atoms with E-state index in [2.05, 4.69) is 25.8 Å². The predicted octanol–water partition coefficient (Wildman–Crippen LogP) is 3.26. The maximum absolute atomic E-state index is 12.7. The largest absolute Gasteiger partial charge is 0.466 e. The van der Waals surface area contributed by atoms with Crippen molar-refractivity contribution in [3.63, 3.8) is 0 Å². The average Bonchev–Trinajstić information content (AvgIpc) is 3.20. The van der Waals surface area contributed by atoms with Gasteiger partial charge < -0.3 is 14.2 Å². The Hall–Kier alpha value is -1.82. The predicted molar refractivity (Wildman–Crippen MR) is 95.2 cm³/mol. The number of carbonyl (C=O) groups excluding carboxylic acids is 1. The van der Waals surface area contributed by atoms with Crippen LogP contribution in [-0.4, -0.2) is 42.0 Å². The lowest BCUT2D eigenvalue weighted by Crippen LogP contribution is -2.33. The normalized spacial score (nSPS) is 23.0. The summed E-state index contributed by atoms with van der Waals surface area (Å²) in [6.07, 6.45) is 1.84. The van der Waals surface area contributed by atoms with Crippen molar-refractivity contribution in [2.24, 2.45) is 11.8 Å². The third-order valence-corrected chi connectivity index (χ3v) is 5.55. The molecule has 0 saturated carbocycles. The van der Waals surface area contributed by atoms with Crippen LogP contribution in [-0.2, 0) is 0 Å². The van der Waals surface area contributed by atoms with Crippen LogP contribution in [0.5, 0.6) is 0 Å². The smallest absolute Gasteiger partial charge is 0.257 e. The van der Waals surface area contributed by atoms with Gasteiger partial charge in [-0.3, -0.25) is 4.79 Å². The molecule has 0 radical (unpaired) electrons. The summed E-state index contributed by atoms with van der Waals surface area (Å²) in [6.45, 7) is 7.31.